The van der Waals surface area contributed by atoms with Crippen molar-refractivity contribution < 1.29 is 28.5 Å². The van der Waals surface area contributed by atoms with Crippen molar-refractivity contribution in [2.45, 2.75) is 70.1 Å². The Kier molecular flexibility index (Phi) is 2.91. The summed E-state index contributed by atoms with van der Waals surface area (Å²) >= 11 is 0. The van der Waals surface area contributed by atoms with Crippen LogP contribution in [-0.2, 0) is 28.5 Å². The second kappa shape index (κ2) is 4.15. The summed E-state index contributed by atoms with van der Waals surface area (Å²) in [7, 11) is 0. The van der Waals surface area contributed by atoms with Crippen molar-refractivity contribution in [3.8, 4) is 0 Å². The van der Waals surface area contributed by atoms with Gasteiger partial charge in [0.25, 0.3) is 0 Å². The zero-order valence-corrected chi connectivity index (χ0v) is 11.7. The predicted molar refractivity (Wildman–Crippen MR) is 63.2 cm³/mol. The fourth-order valence-corrected chi connectivity index (χ4v) is 2.90. The van der Waals surface area contributed by atoms with Gasteiger partial charge < -0.3 is 23.7 Å². The number of cyclic esters (lactones) is 1. The lowest BCUT2D eigenvalue weighted by Gasteiger charge is -2.33. The molecule has 0 unspecified atom stereocenters. The smallest absolute Gasteiger partial charge is 0.309 e. The van der Waals surface area contributed by atoms with Gasteiger partial charge in [-0.1, -0.05) is 0 Å². The Morgan fingerprint density at radius 3 is 2.26 bits per heavy atom. The van der Waals surface area contributed by atoms with Crippen LogP contribution in [-0.4, -0.2) is 48.6 Å². The highest BCUT2D eigenvalue weighted by Crippen LogP contribution is 2.39. The van der Waals surface area contributed by atoms with Gasteiger partial charge in [-0.25, -0.2) is 0 Å². The molecule has 0 spiro atoms. The minimum absolute atomic E-state index is 0.224. The number of rotatable bonds is 1. The normalized spacial score (nSPS) is 43.9. The maximum Gasteiger partial charge on any atom is 0.309 e. The van der Waals surface area contributed by atoms with Crippen LogP contribution in [0, 0.1) is 0 Å². The fraction of sp³-hybridized carbons (Fsp3) is 0.923. The van der Waals surface area contributed by atoms with Gasteiger partial charge >= 0.3 is 5.97 Å². The molecule has 3 aliphatic heterocycles. The van der Waals surface area contributed by atoms with E-state index in [9.17, 15) is 4.79 Å². The Morgan fingerprint density at radius 2 is 1.63 bits per heavy atom. The zero-order chi connectivity index (χ0) is 13.8. The van der Waals surface area contributed by atoms with Gasteiger partial charge in [-0.15, -0.1) is 0 Å². The molecular formula is C13H20O6. The van der Waals surface area contributed by atoms with Gasteiger partial charge in [0.2, 0.25) is 0 Å². The standard InChI is InChI=1S/C13H20O6/c1-12(2)15-6-8(18-12)10-11-7(5-9(14)16-10)17-13(3,4)19-11/h7-8,10-11H,5-6H2,1-4H3/t7-,8-,10-,11-/m1/s1. The van der Waals surface area contributed by atoms with Gasteiger partial charge in [0.1, 0.15) is 18.3 Å². The van der Waals surface area contributed by atoms with Crippen LogP contribution in [0.3, 0.4) is 0 Å². The van der Waals surface area contributed by atoms with E-state index in [0.717, 1.165) is 0 Å². The summed E-state index contributed by atoms with van der Waals surface area (Å²) in [6, 6.07) is 0. The highest BCUT2D eigenvalue weighted by molar-refractivity contribution is 5.71. The summed E-state index contributed by atoms with van der Waals surface area (Å²) < 4.78 is 28.3. The van der Waals surface area contributed by atoms with Crippen LogP contribution in [0.5, 0.6) is 0 Å². The van der Waals surface area contributed by atoms with Crippen LogP contribution in [0.1, 0.15) is 34.1 Å². The fourth-order valence-electron chi connectivity index (χ4n) is 2.90. The van der Waals surface area contributed by atoms with Crippen molar-refractivity contribution in [1.29, 1.82) is 0 Å². The average Bonchev–Trinajstić information content (AvgIpc) is 2.75. The number of carbonyl (C=O) groups is 1. The number of ether oxygens (including phenoxy) is 5. The van der Waals surface area contributed by atoms with Gasteiger partial charge in [0, 0.05) is 0 Å². The van der Waals surface area contributed by atoms with E-state index >= 15 is 0 Å². The lowest BCUT2D eigenvalue weighted by Crippen LogP contribution is -2.51. The van der Waals surface area contributed by atoms with Gasteiger partial charge in [-0.05, 0) is 27.7 Å². The molecule has 0 aromatic carbocycles. The van der Waals surface area contributed by atoms with Crippen LogP contribution >= 0.6 is 0 Å². The van der Waals surface area contributed by atoms with E-state index in [1.165, 1.54) is 0 Å². The predicted octanol–water partition coefficient (Wildman–Crippen LogP) is 0.973. The van der Waals surface area contributed by atoms with Crippen LogP contribution in [0.2, 0.25) is 0 Å². The van der Waals surface area contributed by atoms with E-state index in [1.54, 1.807) is 0 Å². The molecule has 4 atom stereocenters. The van der Waals surface area contributed by atoms with Crippen LogP contribution in [0.15, 0.2) is 0 Å². The molecule has 0 amide bonds. The third kappa shape index (κ3) is 2.50. The molecule has 0 radical (unpaired) electrons. The van der Waals surface area contributed by atoms with E-state index in [2.05, 4.69) is 0 Å². The molecule has 3 rings (SSSR count). The van der Waals surface area contributed by atoms with Gasteiger partial charge in [0.05, 0.1) is 13.0 Å². The largest absolute Gasteiger partial charge is 0.457 e. The third-order valence-corrected chi connectivity index (χ3v) is 3.58. The number of hydrogen-bond donors (Lipinski definition) is 0. The molecule has 6 nitrogen and oxygen atoms in total. The maximum absolute atomic E-state index is 11.7. The number of fused-ring (bicyclic) bond motifs is 1. The molecular weight excluding hydrogens is 252 g/mol. The first-order valence-corrected chi connectivity index (χ1v) is 6.63. The van der Waals surface area contributed by atoms with E-state index in [4.69, 9.17) is 23.7 Å². The monoisotopic (exact) mass is 272 g/mol. The third-order valence-electron chi connectivity index (χ3n) is 3.58. The number of carbonyl (C=O) groups excluding carboxylic acids is 1. The first-order chi connectivity index (χ1) is 8.76. The van der Waals surface area contributed by atoms with Gasteiger partial charge in [0.15, 0.2) is 17.7 Å². The van der Waals surface area contributed by atoms with Crippen molar-refractivity contribution in [1.82, 2.24) is 0 Å². The Morgan fingerprint density at radius 1 is 0.947 bits per heavy atom. The molecule has 0 aliphatic carbocycles. The van der Waals surface area contributed by atoms with Crippen molar-refractivity contribution in [3.63, 3.8) is 0 Å². The lowest BCUT2D eigenvalue weighted by molar-refractivity contribution is -0.198. The first-order valence-electron chi connectivity index (χ1n) is 6.63. The van der Waals surface area contributed by atoms with Crippen molar-refractivity contribution in [2.24, 2.45) is 0 Å². The molecule has 3 saturated heterocycles. The minimum Gasteiger partial charge on any atom is -0.457 e. The first kappa shape index (κ1) is 13.3. The van der Waals surface area contributed by atoms with Crippen molar-refractivity contribution in [3.05, 3.63) is 0 Å². The van der Waals surface area contributed by atoms with E-state index in [1.807, 2.05) is 27.7 Å². The molecule has 3 aliphatic rings. The summed E-state index contributed by atoms with van der Waals surface area (Å²) in [5, 5.41) is 0. The average molecular weight is 272 g/mol. The summed E-state index contributed by atoms with van der Waals surface area (Å²) in [6.45, 7) is 7.74. The van der Waals surface area contributed by atoms with E-state index < -0.39 is 17.7 Å². The molecule has 3 heterocycles. The topological polar surface area (TPSA) is 63.2 Å². The SMILES string of the molecule is CC1(C)OC[C@H]([C@H]2OC(=O)C[C@H]3OC(C)(C)O[C@@H]23)O1. The van der Waals surface area contributed by atoms with E-state index in [0.29, 0.717) is 6.61 Å². The lowest BCUT2D eigenvalue weighted by atomic mass is 9.98. The Labute approximate surface area is 112 Å². The highest BCUT2D eigenvalue weighted by atomic mass is 16.8. The molecule has 0 aromatic heterocycles. The molecule has 0 aromatic rings. The Bertz CT molecular complexity index is 391. The van der Waals surface area contributed by atoms with Gasteiger partial charge in [-0.3, -0.25) is 4.79 Å². The second-order valence-electron chi connectivity index (χ2n) is 6.16. The second-order valence-corrected chi connectivity index (χ2v) is 6.16. The Hall–Kier alpha value is -0.690. The summed E-state index contributed by atoms with van der Waals surface area (Å²) in [5.41, 5.74) is 0. The minimum atomic E-state index is -0.698. The molecule has 0 N–H and O–H groups in total. The van der Waals surface area contributed by atoms with Crippen molar-refractivity contribution in [2.75, 3.05) is 6.61 Å². The molecule has 0 bridgehead atoms. The zero-order valence-electron chi connectivity index (χ0n) is 11.7. The van der Waals surface area contributed by atoms with Crippen LogP contribution in [0.25, 0.3) is 0 Å². The molecule has 19 heavy (non-hydrogen) atoms. The maximum atomic E-state index is 11.7. The van der Waals surface area contributed by atoms with E-state index in [-0.39, 0.29) is 30.7 Å². The van der Waals surface area contributed by atoms with Crippen LogP contribution in [0.4, 0.5) is 0 Å². The van der Waals surface area contributed by atoms with Crippen LogP contribution < -0.4 is 0 Å². The molecule has 108 valence electrons. The van der Waals surface area contributed by atoms with Gasteiger partial charge in [-0.2, -0.15) is 0 Å². The molecule has 6 heteroatoms. The number of esters is 1. The van der Waals surface area contributed by atoms with Crippen molar-refractivity contribution >= 4 is 5.97 Å². The summed E-state index contributed by atoms with van der Waals surface area (Å²) in [4.78, 5) is 11.7. The number of hydrogen-bond acceptors (Lipinski definition) is 6. The molecule has 3 fully saturated rings. The molecule has 0 saturated carbocycles. The quantitative estimate of drug-likeness (QED) is 0.663. The summed E-state index contributed by atoms with van der Waals surface area (Å²) in [6.07, 6.45) is -1.13. The summed E-state index contributed by atoms with van der Waals surface area (Å²) in [5.74, 6) is -1.63. The Balaban J connectivity index is 1.78. The highest BCUT2D eigenvalue weighted by Gasteiger charge is 2.55.